The Labute approximate surface area is 152 Å². The Morgan fingerprint density at radius 3 is 2.24 bits per heavy atom. The molecule has 2 aromatic rings. The van der Waals surface area contributed by atoms with E-state index in [1.54, 1.807) is 11.3 Å². The Morgan fingerprint density at radius 2 is 1.64 bits per heavy atom. The van der Waals surface area contributed by atoms with Crippen LogP contribution < -0.4 is 5.32 Å². The molecule has 1 aromatic heterocycles. The summed E-state index contributed by atoms with van der Waals surface area (Å²) in [5, 5.41) is 13.5. The van der Waals surface area contributed by atoms with Crippen molar-refractivity contribution in [3.8, 4) is 0 Å². The molecule has 1 amide bonds. The lowest BCUT2D eigenvalue weighted by Crippen LogP contribution is -2.48. The molecule has 1 N–H and O–H groups in total. The first-order valence-corrected chi connectivity index (χ1v) is 10.1. The number of benzene rings is 1. The van der Waals surface area contributed by atoms with Gasteiger partial charge in [-0.1, -0.05) is 29.0 Å². The quantitative estimate of drug-likeness (QED) is 0.879. The fourth-order valence-corrected chi connectivity index (χ4v) is 6.69. The third-order valence-corrected chi connectivity index (χ3v) is 7.54. The van der Waals surface area contributed by atoms with Crippen molar-refractivity contribution in [3.05, 3.63) is 40.4 Å². The van der Waals surface area contributed by atoms with Crippen molar-refractivity contribution in [2.75, 3.05) is 5.32 Å². The van der Waals surface area contributed by atoms with Crippen LogP contribution in [0.5, 0.6) is 0 Å². The maximum atomic E-state index is 12.4. The molecule has 25 heavy (non-hydrogen) atoms. The minimum atomic E-state index is -0.104. The highest BCUT2D eigenvalue weighted by Crippen LogP contribution is 2.61. The molecule has 1 heterocycles. The average Bonchev–Trinajstić information content (AvgIpc) is 3.03. The van der Waals surface area contributed by atoms with E-state index >= 15 is 0 Å². The summed E-state index contributed by atoms with van der Waals surface area (Å²) < 4.78 is 0. The second-order valence-corrected chi connectivity index (χ2v) is 9.41. The molecule has 4 bridgehead atoms. The maximum absolute atomic E-state index is 12.4. The fourth-order valence-electron chi connectivity index (χ4n) is 5.73. The van der Waals surface area contributed by atoms with E-state index in [1.165, 1.54) is 38.5 Å². The molecule has 4 aliphatic rings. The molecule has 1 aromatic carbocycles. The van der Waals surface area contributed by atoms with E-state index in [-0.39, 0.29) is 11.3 Å². The van der Waals surface area contributed by atoms with Gasteiger partial charge >= 0.3 is 0 Å². The molecule has 0 radical (unpaired) electrons. The van der Waals surface area contributed by atoms with Crippen LogP contribution in [0.1, 0.15) is 59.5 Å². The summed E-state index contributed by atoms with van der Waals surface area (Å²) in [4.78, 5) is 12.4. The summed E-state index contributed by atoms with van der Waals surface area (Å²) in [5.74, 6) is 2.57. The van der Waals surface area contributed by atoms with Gasteiger partial charge in [0.15, 0.2) is 0 Å². The molecule has 0 saturated heterocycles. The first-order chi connectivity index (χ1) is 12.1. The highest BCUT2D eigenvalue weighted by molar-refractivity contribution is 7.15. The zero-order valence-corrected chi connectivity index (χ0v) is 15.3. The Bertz CT molecular complexity index is 775. The summed E-state index contributed by atoms with van der Waals surface area (Å²) in [6.07, 6.45) is 8.11. The van der Waals surface area contributed by atoms with Gasteiger partial charge in [-0.3, -0.25) is 10.1 Å². The number of carbonyl (C=O) groups is 1. The third kappa shape index (κ3) is 2.69. The molecule has 4 nitrogen and oxygen atoms in total. The highest BCUT2D eigenvalue weighted by Gasteiger charge is 2.53. The van der Waals surface area contributed by atoms with E-state index < -0.39 is 0 Å². The number of amides is 1. The normalized spacial score (nSPS) is 32.8. The third-order valence-electron chi connectivity index (χ3n) is 6.45. The van der Waals surface area contributed by atoms with Crippen LogP contribution in [0.2, 0.25) is 0 Å². The van der Waals surface area contributed by atoms with Crippen molar-refractivity contribution in [2.24, 2.45) is 17.8 Å². The Morgan fingerprint density at radius 1 is 1.04 bits per heavy atom. The zero-order chi connectivity index (χ0) is 17.0. The molecule has 0 atom stereocenters. The number of nitrogens with zero attached hydrogens (tertiary/aromatic N) is 2. The number of aromatic nitrogens is 2. The van der Waals surface area contributed by atoms with Gasteiger partial charge in [0.1, 0.15) is 5.01 Å². The second kappa shape index (κ2) is 5.63. The predicted molar refractivity (Wildman–Crippen MR) is 98.9 cm³/mol. The lowest BCUT2D eigenvalue weighted by Gasteiger charge is -2.55. The van der Waals surface area contributed by atoms with Crippen molar-refractivity contribution in [1.29, 1.82) is 0 Å². The van der Waals surface area contributed by atoms with Crippen LogP contribution in [0.4, 0.5) is 5.13 Å². The second-order valence-electron chi connectivity index (χ2n) is 8.43. The SMILES string of the molecule is Cc1ccc(C(=O)Nc2nnc(C34CC5CC(CC(C5)C3)C4)s2)cc1. The summed E-state index contributed by atoms with van der Waals surface area (Å²) >= 11 is 1.59. The molecule has 0 aliphatic heterocycles. The Hall–Kier alpha value is -1.75. The number of anilines is 1. The van der Waals surface area contributed by atoms with Gasteiger partial charge in [0.2, 0.25) is 5.13 Å². The van der Waals surface area contributed by atoms with Gasteiger partial charge in [-0.15, -0.1) is 10.2 Å². The molecule has 6 rings (SSSR count). The number of nitrogens with one attached hydrogen (secondary N) is 1. The summed E-state index contributed by atoms with van der Waals surface area (Å²) in [5.41, 5.74) is 2.06. The Balaban J connectivity index is 1.35. The number of carbonyl (C=O) groups excluding carboxylic acids is 1. The van der Waals surface area contributed by atoms with Crippen molar-refractivity contribution in [2.45, 2.75) is 50.9 Å². The van der Waals surface area contributed by atoms with E-state index in [2.05, 4.69) is 15.5 Å². The predicted octanol–water partition coefficient (Wildman–Crippen LogP) is 4.57. The van der Waals surface area contributed by atoms with E-state index in [0.29, 0.717) is 10.7 Å². The van der Waals surface area contributed by atoms with Crippen LogP contribution in [0.25, 0.3) is 0 Å². The van der Waals surface area contributed by atoms with Crippen molar-refractivity contribution >= 4 is 22.4 Å². The van der Waals surface area contributed by atoms with Gasteiger partial charge in [-0.25, -0.2) is 0 Å². The first-order valence-electron chi connectivity index (χ1n) is 9.32. The standard InChI is InChI=1S/C20H23N3OS/c1-12-2-4-16(5-3-12)17(24)21-19-23-22-18(25-19)20-9-13-6-14(10-20)8-15(7-13)11-20/h2-5,13-15H,6-11H2,1H3,(H,21,23,24). The van der Waals surface area contributed by atoms with Gasteiger partial charge in [-0.05, 0) is 75.3 Å². The Kier molecular flexibility index (Phi) is 3.49. The van der Waals surface area contributed by atoms with Crippen LogP contribution in [0.3, 0.4) is 0 Å². The lowest BCUT2D eigenvalue weighted by molar-refractivity contribution is -0.00555. The molecule has 130 valence electrons. The molecule has 0 spiro atoms. The molecule has 5 heteroatoms. The summed E-state index contributed by atoms with van der Waals surface area (Å²) in [6, 6.07) is 7.61. The molecule has 4 fully saturated rings. The average molecular weight is 353 g/mol. The highest BCUT2D eigenvalue weighted by atomic mass is 32.1. The molecular formula is C20H23N3OS. The van der Waals surface area contributed by atoms with E-state index in [4.69, 9.17) is 0 Å². The monoisotopic (exact) mass is 353 g/mol. The van der Waals surface area contributed by atoms with Gasteiger partial charge in [0, 0.05) is 11.0 Å². The van der Waals surface area contributed by atoms with E-state index in [9.17, 15) is 4.79 Å². The molecule has 4 saturated carbocycles. The summed E-state index contributed by atoms with van der Waals surface area (Å²) in [6.45, 7) is 2.02. The summed E-state index contributed by atoms with van der Waals surface area (Å²) in [7, 11) is 0. The molecule has 4 aliphatic carbocycles. The van der Waals surface area contributed by atoms with E-state index in [0.717, 1.165) is 28.3 Å². The van der Waals surface area contributed by atoms with Crippen molar-refractivity contribution in [3.63, 3.8) is 0 Å². The lowest BCUT2D eigenvalue weighted by atomic mass is 9.50. The van der Waals surface area contributed by atoms with Crippen LogP contribution in [-0.2, 0) is 5.41 Å². The number of hydrogen-bond acceptors (Lipinski definition) is 4. The van der Waals surface area contributed by atoms with Gasteiger partial charge in [0.05, 0.1) is 0 Å². The van der Waals surface area contributed by atoms with Crippen LogP contribution in [0.15, 0.2) is 24.3 Å². The van der Waals surface area contributed by atoms with Gasteiger partial charge in [-0.2, -0.15) is 0 Å². The van der Waals surface area contributed by atoms with Gasteiger partial charge < -0.3 is 0 Å². The van der Waals surface area contributed by atoms with Crippen LogP contribution >= 0.6 is 11.3 Å². The van der Waals surface area contributed by atoms with Crippen LogP contribution in [0, 0.1) is 24.7 Å². The smallest absolute Gasteiger partial charge is 0.257 e. The van der Waals surface area contributed by atoms with Gasteiger partial charge in [0.25, 0.3) is 5.91 Å². The maximum Gasteiger partial charge on any atom is 0.257 e. The fraction of sp³-hybridized carbons (Fsp3) is 0.550. The topological polar surface area (TPSA) is 54.9 Å². The largest absolute Gasteiger partial charge is 0.296 e. The minimum Gasteiger partial charge on any atom is -0.296 e. The van der Waals surface area contributed by atoms with Crippen molar-refractivity contribution < 1.29 is 4.79 Å². The number of aryl methyl sites for hydroxylation is 1. The first kappa shape index (κ1) is 15.5. The molecular weight excluding hydrogens is 330 g/mol. The molecule has 0 unspecified atom stereocenters. The minimum absolute atomic E-state index is 0.104. The zero-order valence-electron chi connectivity index (χ0n) is 14.5. The number of hydrogen-bond donors (Lipinski definition) is 1. The van der Waals surface area contributed by atoms with Crippen molar-refractivity contribution in [1.82, 2.24) is 10.2 Å². The van der Waals surface area contributed by atoms with Crippen LogP contribution in [-0.4, -0.2) is 16.1 Å². The number of rotatable bonds is 3. The van der Waals surface area contributed by atoms with E-state index in [1.807, 2.05) is 31.2 Å².